The van der Waals surface area contributed by atoms with Crippen LogP contribution in [0.1, 0.15) is 20.7 Å². The van der Waals surface area contributed by atoms with E-state index in [1.807, 2.05) is 0 Å². The van der Waals surface area contributed by atoms with E-state index in [2.05, 4.69) is 20.1 Å². The van der Waals surface area contributed by atoms with Gasteiger partial charge in [0.25, 0.3) is 0 Å². The molecule has 3 aromatic rings. The number of aromatic nitrogens is 5. The van der Waals surface area contributed by atoms with Crippen molar-refractivity contribution in [2.24, 2.45) is 0 Å². The first-order chi connectivity index (χ1) is 10.7. The summed E-state index contributed by atoms with van der Waals surface area (Å²) in [6, 6.07) is 3.34. The van der Waals surface area contributed by atoms with Crippen LogP contribution in [0.5, 0.6) is 0 Å². The van der Waals surface area contributed by atoms with E-state index in [0.717, 1.165) is 0 Å². The van der Waals surface area contributed by atoms with E-state index in [1.54, 1.807) is 24.5 Å². The van der Waals surface area contributed by atoms with Crippen molar-refractivity contribution in [3.05, 3.63) is 54.2 Å². The highest BCUT2D eigenvalue weighted by Gasteiger charge is 2.09. The number of carbonyl (C=O) groups excluding carboxylic acids is 1. The first-order valence-corrected chi connectivity index (χ1v) is 6.19. The average molecular weight is 295 g/mol. The summed E-state index contributed by atoms with van der Waals surface area (Å²) in [5.74, 6) is -0.817. The molecule has 0 aliphatic heterocycles. The Morgan fingerprint density at radius 2 is 1.86 bits per heavy atom. The lowest BCUT2D eigenvalue weighted by atomic mass is 10.2. The molecule has 0 spiro atoms. The van der Waals surface area contributed by atoms with E-state index in [4.69, 9.17) is 5.11 Å². The lowest BCUT2D eigenvalue weighted by molar-refractivity contribution is 0.0696. The number of hydrogen-bond donors (Lipinski definition) is 1. The van der Waals surface area contributed by atoms with Crippen molar-refractivity contribution in [1.82, 2.24) is 24.7 Å². The summed E-state index contributed by atoms with van der Waals surface area (Å²) in [6.45, 7) is 0. The number of hydrogen-bond acceptors (Lipinski definition) is 6. The zero-order valence-electron chi connectivity index (χ0n) is 11.1. The smallest absolute Gasteiger partial charge is 0.338 e. The molecule has 0 aliphatic rings. The highest BCUT2D eigenvalue weighted by Crippen LogP contribution is 2.15. The van der Waals surface area contributed by atoms with Crippen LogP contribution in [0.15, 0.2) is 43.1 Å². The van der Waals surface area contributed by atoms with Gasteiger partial charge >= 0.3 is 5.97 Å². The van der Waals surface area contributed by atoms with Gasteiger partial charge in [-0.25, -0.2) is 19.4 Å². The average Bonchev–Trinajstić information content (AvgIpc) is 3.05. The number of carboxylic acids is 1. The molecule has 22 heavy (non-hydrogen) atoms. The number of carboxylic acid groups (broad SMARTS) is 1. The summed E-state index contributed by atoms with van der Waals surface area (Å²) >= 11 is 0. The fourth-order valence-electron chi connectivity index (χ4n) is 1.76. The number of pyridine rings is 1. The van der Waals surface area contributed by atoms with Crippen molar-refractivity contribution in [2.45, 2.75) is 0 Å². The molecule has 0 amide bonds. The molecule has 3 heterocycles. The zero-order chi connectivity index (χ0) is 15.5. The maximum absolute atomic E-state index is 10.8. The Kier molecular flexibility index (Phi) is 3.40. The van der Waals surface area contributed by atoms with Gasteiger partial charge in [0.05, 0.1) is 17.5 Å². The summed E-state index contributed by atoms with van der Waals surface area (Å²) in [7, 11) is 0. The van der Waals surface area contributed by atoms with Crippen LogP contribution in [0.4, 0.5) is 0 Å². The van der Waals surface area contributed by atoms with Crippen LogP contribution in [0.3, 0.4) is 0 Å². The minimum atomic E-state index is -1.07. The van der Waals surface area contributed by atoms with Gasteiger partial charge in [0.15, 0.2) is 6.29 Å². The Hall–Kier alpha value is -3.42. The number of rotatable bonds is 4. The molecule has 1 N–H and O–H groups in total. The van der Waals surface area contributed by atoms with Crippen molar-refractivity contribution in [2.75, 3.05) is 0 Å². The van der Waals surface area contributed by atoms with Gasteiger partial charge in [-0.3, -0.25) is 9.78 Å². The van der Waals surface area contributed by atoms with Gasteiger partial charge in [0.1, 0.15) is 0 Å². The largest absolute Gasteiger partial charge is 0.478 e. The Morgan fingerprint density at radius 3 is 2.41 bits per heavy atom. The first-order valence-electron chi connectivity index (χ1n) is 6.19. The third-order valence-corrected chi connectivity index (χ3v) is 2.89. The van der Waals surface area contributed by atoms with Crippen LogP contribution >= 0.6 is 0 Å². The van der Waals surface area contributed by atoms with Crippen molar-refractivity contribution in [3.63, 3.8) is 0 Å². The molecule has 0 radical (unpaired) electrons. The van der Waals surface area contributed by atoms with Gasteiger partial charge in [0.2, 0.25) is 5.95 Å². The van der Waals surface area contributed by atoms with Crippen LogP contribution < -0.4 is 0 Å². The molecule has 3 aromatic heterocycles. The fourth-order valence-corrected chi connectivity index (χ4v) is 1.76. The van der Waals surface area contributed by atoms with Gasteiger partial charge in [-0.05, 0) is 12.1 Å². The second-order valence-electron chi connectivity index (χ2n) is 4.35. The molecule has 0 bridgehead atoms. The molecule has 0 unspecified atom stereocenters. The number of aldehydes is 1. The molecule has 0 aromatic carbocycles. The normalized spacial score (nSPS) is 10.4. The third-order valence-electron chi connectivity index (χ3n) is 2.89. The predicted octanol–water partition coefficient (Wildman–Crippen LogP) is 1.23. The van der Waals surface area contributed by atoms with E-state index in [9.17, 15) is 9.59 Å². The second-order valence-corrected chi connectivity index (χ2v) is 4.35. The van der Waals surface area contributed by atoms with E-state index < -0.39 is 5.97 Å². The van der Waals surface area contributed by atoms with Crippen molar-refractivity contribution in [1.29, 1.82) is 0 Å². The standard InChI is InChI=1S/C14H9N5O3/c20-8-9-1-2-12(15-3-9)10-4-16-14(17-5-10)19-7-11(6-18-19)13(21)22/h1-8H,(H,21,22). The Balaban J connectivity index is 1.87. The van der Waals surface area contributed by atoms with E-state index in [0.29, 0.717) is 23.1 Å². The summed E-state index contributed by atoms with van der Waals surface area (Å²) < 4.78 is 1.27. The molecule has 0 saturated heterocycles. The van der Waals surface area contributed by atoms with Crippen molar-refractivity contribution in [3.8, 4) is 17.2 Å². The van der Waals surface area contributed by atoms with Crippen LogP contribution in [-0.4, -0.2) is 42.1 Å². The summed E-state index contributed by atoms with van der Waals surface area (Å²) in [4.78, 5) is 33.8. The number of nitrogens with zero attached hydrogens (tertiary/aromatic N) is 5. The minimum Gasteiger partial charge on any atom is -0.478 e. The minimum absolute atomic E-state index is 0.0544. The maximum atomic E-state index is 10.8. The van der Waals surface area contributed by atoms with Gasteiger partial charge in [0, 0.05) is 35.9 Å². The molecule has 0 aliphatic carbocycles. The van der Waals surface area contributed by atoms with Crippen molar-refractivity contribution >= 4 is 12.3 Å². The van der Waals surface area contributed by atoms with Gasteiger partial charge in [-0.15, -0.1) is 0 Å². The third kappa shape index (κ3) is 2.57. The highest BCUT2D eigenvalue weighted by atomic mass is 16.4. The molecule has 108 valence electrons. The lowest BCUT2D eigenvalue weighted by Crippen LogP contribution is -2.01. The van der Waals surface area contributed by atoms with Gasteiger partial charge in [-0.1, -0.05) is 0 Å². The molecule has 3 rings (SSSR count). The van der Waals surface area contributed by atoms with Crippen molar-refractivity contribution < 1.29 is 14.7 Å². The van der Waals surface area contributed by atoms with Gasteiger partial charge in [-0.2, -0.15) is 5.10 Å². The lowest BCUT2D eigenvalue weighted by Gasteiger charge is -2.02. The van der Waals surface area contributed by atoms with E-state index >= 15 is 0 Å². The second kappa shape index (κ2) is 5.52. The Bertz CT molecular complexity index is 824. The van der Waals surface area contributed by atoms with E-state index in [-0.39, 0.29) is 11.5 Å². The molecular weight excluding hydrogens is 286 g/mol. The molecule has 8 nitrogen and oxygen atoms in total. The molecular formula is C14H9N5O3. The van der Waals surface area contributed by atoms with Crippen LogP contribution in [0, 0.1) is 0 Å². The van der Waals surface area contributed by atoms with Crippen LogP contribution in [-0.2, 0) is 0 Å². The summed E-state index contributed by atoms with van der Waals surface area (Å²) in [5.41, 5.74) is 1.84. The monoisotopic (exact) mass is 295 g/mol. The first kappa shape index (κ1) is 13.6. The number of carbonyl (C=O) groups is 2. The molecule has 0 saturated carbocycles. The molecule has 8 heteroatoms. The summed E-state index contributed by atoms with van der Waals surface area (Å²) in [6.07, 6.45) is 7.82. The SMILES string of the molecule is O=Cc1ccc(-c2cnc(-n3cc(C(=O)O)cn3)nc2)nc1. The predicted molar refractivity (Wildman–Crippen MR) is 74.7 cm³/mol. The van der Waals surface area contributed by atoms with Crippen LogP contribution in [0.25, 0.3) is 17.2 Å². The topological polar surface area (TPSA) is 111 Å². The molecule has 0 fully saturated rings. The molecule has 0 atom stereocenters. The van der Waals surface area contributed by atoms with Gasteiger partial charge < -0.3 is 5.11 Å². The Labute approximate surface area is 124 Å². The maximum Gasteiger partial charge on any atom is 0.338 e. The van der Waals surface area contributed by atoms with Crippen LogP contribution in [0.2, 0.25) is 0 Å². The van der Waals surface area contributed by atoms with E-state index in [1.165, 1.54) is 23.3 Å². The summed E-state index contributed by atoms with van der Waals surface area (Å²) in [5, 5.41) is 12.7. The quantitative estimate of drug-likeness (QED) is 0.720. The zero-order valence-corrected chi connectivity index (χ0v) is 11.1. The number of aromatic carboxylic acids is 1. The highest BCUT2D eigenvalue weighted by molar-refractivity contribution is 5.86. The fraction of sp³-hybridized carbons (Fsp3) is 0. The Morgan fingerprint density at radius 1 is 1.09 bits per heavy atom.